The van der Waals surface area contributed by atoms with Crippen LogP contribution in [0.1, 0.15) is 54.2 Å². The second-order valence-electron chi connectivity index (χ2n) is 10.2. The van der Waals surface area contributed by atoms with E-state index in [4.69, 9.17) is 15.5 Å². The SMILES string of the molecule is CC(C)COc1cc(F)cc(-c2ccc(C(=O)NS(=O)(=O)c3cccc(N)n3)c(N3C4CCC3CC4)n2)c1.[HH].[HH].[HH]. The molecule has 2 bridgehead atoms. The summed E-state index contributed by atoms with van der Waals surface area (Å²) in [6, 6.07) is 12.1. The quantitative estimate of drug-likeness (QED) is 0.410. The summed E-state index contributed by atoms with van der Waals surface area (Å²) >= 11 is 0. The molecule has 11 heteroatoms. The standard InChI is InChI=1S/C27H30FN5O4S.3H2/c1-16(2)15-37-21-13-17(12-18(28)14-21)23-11-10-22(26(30-23)33-19-6-7-20(33)9-8-19)27(34)32-38(35,36)25-5-3-4-24(29)31-25;;;/h3-5,10-14,16,19-20H,6-9,15H2,1-2H3,(H2,29,31)(H,32,34);3*1H. The van der Waals surface area contributed by atoms with Crippen molar-refractivity contribution >= 4 is 27.6 Å². The van der Waals surface area contributed by atoms with E-state index in [2.05, 4.69) is 14.6 Å². The van der Waals surface area contributed by atoms with E-state index in [1.54, 1.807) is 12.1 Å². The number of pyridine rings is 2. The van der Waals surface area contributed by atoms with Gasteiger partial charge in [0.05, 0.1) is 17.9 Å². The van der Waals surface area contributed by atoms with Gasteiger partial charge in [-0.15, -0.1) is 0 Å². The van der Waals surface area contributed by atoms with Crippen LogP contribution in [0.25, 0.3) is 11.3 Å². The zero-order valence-corrected chi connectivity index (χ0v) is 22.0. The molecule has 0 unspecified atom stereocenters. The average Bonchev–Trinajstić information content (AvgIpc) is 3.47. The highest BCUT2D eigenvalue weighted by molar-refractivity contribution is 7.90. The molecule has 206 valence electrons. The number of nitrogens with zero attached hydrogens (tertiary/aromatic N) is 3. The number of rotatable bonds is 8. The van der Waals surface area contributed by atoms with Crippen LogP contribution in [0.5, 0.6) is 5.75 Å². The molecule has 3 N–H and O–H groups in total. The fraction of sp³-hybridized carbons (Fsp3) is 0.370. The molecule has 1 aromatic carbocycles. The Kier molecular flexibility index (Phi) is 6.95. The molecule has 0 saturated carbocycles. The summed E-state index contributed by atoms with van der Waals surface area (Å²) < 4.78 is 48.1. The lowest BCUT2D eigenvalue weighted by molar-refractivity contribution is 0.0981. The van der Waals surface area contributed by atoms with Crippen molar-refractivity contribution in [1.82, 2.24) is 14.7 Å². The number of carbonyl (C=O) groups excluding carboxylic acids is 1. The van der Waals surface area contributed by atoms with E-state index in [1.807, 2.05) is 13.8 Å². The summed E-state index contributed by atoms with van der Waals surface area (Å²) in [6.07, 6.45) is 3.87. The first kappa shape index (κ1) is 25.9. The molecule has 2 fully saturated rings. The number of aromatic nitrogens is 2. The van der Waals surface area contributed by atoms with Gasteiger partial charge in [-0.05, 0) is 68.0 Å². The Bertz CT molecular complexity index is 1480. The average molecular weight is 546 g/mol. The van der Waals surface area contributed by atoms with Crippen molar-refractivity contribution in [2.24, 2.45) is 5.92 Å². The number of hydrogen-bond donors (Lipinski definition) is 2. The molecule has 2 aliphatic rings. The van der Waals surface area contributed by atoms with Crippen molar-refractivity contribution in [3.05, 3.63) is 59.9 Å². The fourth-order valence-corrected chi connectivity index (χ4v) is 6.05. The number of anilines is 2. The summed E-state index contributed by atoms with van der Waals surface area (Å²) in [4.78, 5) is 24.1. The first-order chi connectivity index (χ1) is 18.1. The monoisotopic (exact) mass is 545 g/mol. The van der Waals surface area contributed by atoms with Gasteiger partial charge in [0.25, 0.3) is 15.9 Å². The van der Waals surface area contributed by atoms with Crippen molar-refractivity contribution in [2.45, 2.75) is 56.6 Å². The minimum atomic E-state index is -4.27. The molecule has 2 aliphatic heterocycles. The van der Waals surface area contributed by atoms with Gasteiger partial charge in [0.15, 0.2) is 5.03 Å². The van der Waals surface area contributed by atoms with Crippen LogP contribution < -0.4 is 20.1 Å². The minimum absolute atomic E-state index is 0. The van der Waals surface area contributed by atoms with E-state index in [1.165, 1.54) is 36.4 Å². The molecule has 2 saturated heterocycles. The van der Waals surface area contributed by atoms with Gasteiger partial charge in [-0.1, -0.05) is 19.9 Å². The topological polar surface area (TPSA) is 128 Å². The Balaban J connectivity index is 0.00000196. The highest BCUT2D eigenvalue weighted by atomic mass is 32.2. The highest BCUT2D eigenvalue weighted by Gasteiger charge is 2.42. The first-order valence-electron chi connectivity index (χ1n) is 12.6. The molecule has 38 heavy (non-hydrogen) atoms. The Hall–Kier alpha value is -3.73. The molecule has 0 radical (unpaired) electrons. The van der Waals surface area contributed by atoms with Gasteiger partial charge in [0.2, 0.25) is 0 Å². The van der Waals surface area contributed by atoms with Gasteiger partial charge in [-0.25, -0.2) is 19.1 Å². The minimum Gasteiger partial charge on any atom is -0.493 e. The van der Waals surface area contributed by atoms with Crippen LogP contribution in [0.4, 0.5) is 16.0 Å². The second kappa shape index (κ2) is 10.2. The number of ether oxygens (including phenoxy) is 1. The number of sulfonamides is 1. The first-order valence-corrected chi connectivity index (χ1v) is 14.1. The van der Waals surface area contributed by atoms with Gasteiger partial charge >= 0.3 is 0 Å². The smallest absolute Gasteiger partial charge is 0.281 e. The molecule has 1 amide bonds. The third-order valence-corrected chi connectivity index (χ3v) is 8.05. The predicted molar refractivity (Wildman–Crippen MR) is 148 cm³/mol. The molecule has 9 nitrogen and oxygen atoms in total. The maximum atomic E-state index is 14.5. The maximum Gasteiger partial charge on any atom is 0.281 e. The van der Waals surface area contributed by atoms with Crippen molar-refractivity contribution in [2.75, 3.05) is 17.2 Å². The van der Waals surface area contributed by atoms with Gasteiger partial charge < -0.3 is 15.4 Å². The van der Waals surface area contributed by atoms with Crippen LogP contribution in [0.3, 0.4) is 0 Å². The van der Waals surface area contributed by atoms with Gasteiger partial charge in [0, 0.05) is 28.0 Å². The van der Waals surface area contributed by atoms with E-state index in [0.717, 1.165) is 25.7 Å². The lowest BCUT2D eigenvalue weighted by atomic mass is 10.0. The second-order valence-corrected chi connectivity index (χ2v) is 11.8. The van der Waals surface area contributed by atoms with E-state index in [0.29, 0.717) is 29.4 Å². The third kappa shape index (κ3) is 5.28. The number of carbonyl (C=O) groups is 1. The molecular formula is C27H36FN5O4S. The Labute approximate surface area is 225 Å². The fourth-order valence-electron chi connectivity index (χ4n) is 5.11. The number of hydrogen-bond acceptors (Lipinski definition) is 8. The Morgan fingerprint density at radius 1 is 1.13 bits per heavy atom. The van der Waals surface area contributed by atoms with Crippen LogP contribution in [0.2, 0.25) is 0 Å². The summed E-state index contributed by atoms with van der Waals surface area (Å²) in [5.74, 6) is -0.222. The lowest BCUT2D eigenvalue weighted by Crippen LogP contribution is -2.35. The zero-order valence-electron chi connectivity index (χ0n) is 21.2. The Morgan fingerprint density at radius 2 is 1.84 bits per heavy atom. The molecule has 4 heterocycles. The van der Waals surface area contributed by atoms with Crippen LogP contribution in [0.15, 0.2) is 53.6 Å². The van der Waals surface area contributed by atoms with Crippen molar-refractivity contribution in [3.63, 3.8) is 0 Å². The van der Waals surface area contributed by atoms with Gasteiger partial charge in [-0.3, -0.25) is 4.79 Å². The molecular weight excluding hydrogens is 509 g/mol. The summed E-state index contributed by atoms with van der Waals surface area (Å²) in [5, 5.41) is -0.355. The largest absolute Gasteiger partial charge is 0.493 e. The third-order valence-electron chi connectivity index (χ3n) is 6.82. The number of benzene rings is 1. The number of nitrogen functional groups attached to an aromatic ring is 1. The van der Waals surface area contributed by atoms with Crippen molar-refractivity contribution in [3.8, 4) is 17.0 Å². The number of fused-ring (bicyclic) bond motifs is 2. The van der Waals surface area contributed by atoms with Crippen LogP contribution in [-0.4, -0.2) is 43.0 Å². The molecule has 2 aromatic heterocycles. The van der Waals surface area contributed by atoms with Crippen LogP contribution >= 0.6 is 0 Å². The van der Waals surface area contributed by atoms with E-state index >= 15 is 0 Å². The lowest BCUT2D eigenvalue weighted by Gasteiger charge is -2.26. The number of nitrogens with two attached hydrogens (primary N) is 1. The summed E-state index contributed by atoms with van der Waals surface area (Å²) in [7, 11) is -4.27. The maximum absolute atomic E-state index is 14.5. The molecule has 0 spiro atoms. The molecule has 3 aromatic rings. The van der Waals surface area contributed by atoms with Crippen molar-refractivity contribution < 1.29 is 26.6 Å². The molecule has 5 rings (SSSR count). The summed E-state index contributed by atoms with van der Waals surface area (Å²) in [5.41, 5.74) is 6.70. The van der Waals surface area contributed by atoms with Crippen LogP contribution in [0, 0.1) is 11.7 Å². The van der Waals surface area contributed by atoms with E-state index in [9.17, 15) is 17.6 Å². The normalized spacial score (nSPS) is 18.7. The Morgan fingerprint density at radius 3 is 2.50 bits per heavy atom. The van der Waals surface area contributed by atoms with E-state index in [-0.39, 0.29) is 38.7 Å². The van der Waals surface area contributed by atoms with Gasteiger partial charge in [-0.2, -0.15) is 8.42 Å². The number of amides is 1. The number of nitrogens with one attached hydrogen (secondary N) is 1. The summed E-state index contributed by atoms with van der Waals surface area (Å²) in [6.45, 7) is 4.45. The zero-order chi connectivity index (χ0) is 27.0. The van der Waals surface area contributed by atoms with E-state index < -0.39 is 21.7 Å². The van der Waals surface area contributed by atoms with Gasteiger partial charge in [0.1, 0.15) is 23.2 Å². The number of halogens is 1. The molecule has 0 aliphatic carbocycles. The predicted octanol–water partition coefficient (Wildman–Crippen LogP) is 4.89. The van der Waals surface area contributed by atoms with Crippen molar-refractivity contribution in [1.29, 1.82) is 0 Å². The molecule has 0 atom stereocenters. The highest BCUT2D eigenvalue weighted by Crippen LogP contribution is 2.42. The van der Waals surface area contributed by atoms with Crippen LogP contribution in [-0.2, 0) is 10.0 Å².